The normalized spacial score (nSPS) is 12.7. The van der Waals surface area contributed by atoms with Gasteiger partial charge < -0.3 is 15.2 Å². The monoisotopic (exact) mass is 367 g/mol. The van der Waals surface area contributed by atoms with Crippen LogP contribution in [0, 0.1) is 0 Å². The largest absolute Gasteiger partial charge is 0.465 e. The van der Waals surface area contributed by atoms with Gasteiger partial charge in [0.2, 0.25) is 0 Å². The number of halogens is 3. The Morgan fingerprint density at radius 3 is 2.50 bits per heavy atom. The Bertz CT molecular complexity index is 730. The smallest absolute Gasteiger partial charge is 0.416 e. The van der Waals surface area contributed by atoms with Crippen molar-refractivity contribution < 1.29 is 27.8 Å². The molecule has 0 aliphatic rings. The highest BCUT2D eigenvalue weighted by molar-refractivity contribution is 5.89. The molecular formula is C19H20F3NO3. The number of ether oxygens (including phenoxy) is 1. The third kappa shape index (κ3) is 5.57. The van der Waals surface area contributed by atoms with Gasteiger partial charge in [0.15, 0.2) is 0 Å². The van der Waals surface area contributed by atoms with Crippen molar-refractivity contribution >= 4 is 5.97 Å². The highest BCUT2D eigenvalue weighted by Crippen LogP contribution is 2.30. The van der Waals surface area contributed by atoms with Gasteiger partial charge in [-0.2, -0.15) is 13.2 Å². The fourth-order valence-corrected chi connectivity index (χ4v) is 2.44. The summed E-state index contributed by atoms with van der Waals surface area (Å²) in [5.74, 6) is -0.404. The van der Waals surface area contributed by atoms with Gasteiger partial charge in [-0.3, -0.25) is 0 Å². The molecule has 0 heterocycles. The summed E-state index contributed by atoms with van der Waals surface area (Å²) < 4.78 is 42.7. The number of carbonyl (C=O) groups is 1. The van der Waals surface area contributed by atoms with E-state index in [1.807, 2.05) is 0 Å². The molecule has 4 nitrogen and oxygen atoms in total. The van der Waals surface area contributed by atoms with Crippen molar-refractivity contribution in [2.24, 2.45) is 0 Å². The molecule has 1 atom stereocenters. The second kappa shape index (κ2) is 8.82. The van der Waals surface area contributed by atoms with Crippen LogP contribution in [0.2, 0.25) is 0 Å². The maximum absolute atomic E-state index is 12.7. The summed E-state index contributed by atoms with van der Waals surface area (Å²) in [6, 6.07) is 11.6. The van der Waals surface area contributed by atoms with E-state index >= 15 is 0 Å². The number of aliphatic hydroxyl groups excluding tert-OH is 1. The van der Waals surface area contributed by atoms with Crippen molar-refractivity contribution in [1.29, 1.82) is 0 Å². The Kier molecular flexibility index (Phi) is 6.76. The van der Waals surface area contributed by atoms with Crippen molar-refractivity contribution in [3.8, 4) is 0 Å². The zero-order valence-corrected chi connectivity index (χ0v) is 14.2. The van der Waals surface area contributed by atoms with Gasteiger partial charge in [-0.05, 0) is 48.4 Å². The third-order valence-corrected chi connectivity index (χ3v) is 3.90. The van der Waals surface area contributed by atoms with Crippen LogP contribution in [0.4, 0.5) is 13.2 Å². The lowest BCUT2D eigenvalue weighted by Crippen LogP contribution is -2.24. The second-order valence-corrected chi connectivity index (χ2v) is 5.78. The molecule has 0 bridgehead atoms. The predicted molar refractivity (Wildman–Crippen MR) is 90.8 cm³/mol. The summed E-state index contributed by atoms with van der Waals surface area (Å²) in [5.41, 5.74) is 0.886. The first-order valence-electron chi connectivity index (χ1n) is 8.04. The summed E-state index contributed by atoms with van der Waals surface area (Å²) in [5, 5.41) is 13.1. The van der Waals surface area contributed by atoms with E-state index in [4.69, 9.17) is 0 Å². The van der Waals surface area contributed by atoms with Crippen LogP contribution in [-0.2, 0) is 17.3 Å². The number of benzene rings is 2. The molecule has 0 saturated heterocycles. The number of alkyl halides is 3. The first-order valence-corrected chi connectivity index (χ1v) is 8.04. The number of methoxy groups -OCH3 is 1. The van der Waals surface area contributed by atoms with Crippen molar-refractivity contribution in [3.05, 3.63) is 70.8 Å². The summed E-state index contributed by atoms with van der Waals surface area (Å²) in [6.07, 6.45) is -4.81. The van der Waals surface area contributed by atoms with Gasteiger partial charge in [0.25, 0.3) is 0 Å². The van der Waals surface area contributed by atoms with Crippen LogP contribution in [0.5, 0.6) is 0 Å². The second-order valence-electron chi connectivity index (χ2n) is 5.78. The molecule has 2 aromatic rings. The third-order valence-electron chi connectivity index (χ3n) is 3.90. The van der Waals surface area contributed by atoms with Crippen molar-refractivity contribution in [1.82, 2.24) is 5.32 Å². The molecule has 2 rings (SSSR count). The maximum Gasteiger partial charge on any atom is 0.416 e. The number of carbonyl (C=O) groups excluding carboxylic acids is 1. The lowest BCUT2D eigenvalue weighted by Gasteiger charge is -2.14. The van der Waals surface area contributed by atoms with E-state index in [1.54, 1.807) is 24.3 Å². The number of aliphatic hydroxyl groups is 1. The zero-order valence-electron chi connectivity index (χ0n) is 14.2. The summed E-state index contributed by atoms with van der Waals surface area (Å²) in [4.78, 5) is 11.3. The highest BCUT2D eigenvalue weighted by Gasteiger charge is 2.30. The van der Waals surface area contributed by atoms with Crippen LogP contribution in [0.1, 0.15) is 33.2 Å². The molecule has 1 unspecified atom stereocenters. The first-order chi connectivity index (χ1) is 12.3. The molecule has 0 amide bonds. The average molecular weight is 367 g/mol. The molecule has 0 aliphatic heterocycles. The molecule has 0 saturated carbocycles. The highest BCUT2D eigenvalue weighted by atomic mass is 19.4. The molecule has 0 fully saturated rings. The number of rotatable bonds is 7. The van der Waals surface area contributed by atoms with Gasteiger partial charge in [0, 0.05) is 6.54 Å². The predicted octanol–water partition coefficient (Wildman–Crippen LogP) is 3.36. The Morgan fingerprint density at radius 2 is 1.88 bits per heavy atom. The van der Waals surface area contributed by atoms with Crippen LogP contribution in [0.3, 0.4) is 0 Å². The molecule has 7 heteroatoms. The van der Waals surface area contributed by atoms with Gasteiger partial charge in [-0.1, -0.05) is 24.3 Å². The molecule has 0 spiro atoms. The molecule has 2 aromatic carbocycles. The fraction of sp³-hybridized carbons (Fsp3) is 0.316. The Hall–Kier alpha value is -2.38. The van der Waals surface area contributed by atoms with E-state index in [2.05, 4.69) is 10.1 Å². The molecule has 2 N–H and O–H groups in total. The van der Waals surface area contributed by atoms with E-state index in [9.17, 15) is 23.1 Å². The summed E-state index contributed by atoms with van der Waals surface area (Å²) in [7, 11) is 1.32. The van der Waals surface area contributed by atoms with Crippen LogP contribution >= 0.6 is 0 Å². The Labute approximate surface area is 149 Å². The van der Waals surface area contributed by atoms with Crippen molar-refractivity contribution in [2.45, 2.75) is 18.7 Å². The molecule has 140 valence electrons. The standard InChI is InChI=1S/C19H20F3NO3/c1-26-18(25)14-7-5-13(6-8-14)9-10-23-12-17(24)15-3-2-4-16(11-15)19(20,21)22/h2-8,11,17,23-24H,9-10,12H2,1H3. The topological polar surface area (TPSA) is 58.6 Å². The van der Waals surface area contributed by atoms with Crippen LogP contribution in [-0.4, -0.2) is 31.3 Å². The van der Waals surface area contributed by atoms with Gasteiger partial charge in [-0.15, -0.1) is 0 Å². The van der Waals surface area contributed by atoms with Gasteiger partial charge in [0.05, 0.1) is 24.3 Å². The van der Waals surface area contributed by atoms with Gasteiger partial charge in [0.1, 0.15) is 0 Å². The van der Waals surface area contributed by atoms with Crippen molar-refractivity contribution in [2.75, 3.05) is 20.2 Å². The number of hydrogen-bond acceptors (Lipinski definition) is 4. The lowest BCUT2D eigenvalue weighted by molar-refractivity contribution is -0.137. The zero-order chi connectivity index (χ0) is 19.2. The van der Waals surface area contributed by atoms with E-state index in [1.165, 1.54) is 19.2 Å². The van der Waals surface area contributed by atoms with Crippen molar-refractivity contribution in [3.63, 3.8) is 0 Å². The van der Waals surface area contributed by atoms with E-state index in [-0.39, 0.29) is 12.1 Å². The molecule has 0 aliphatic carbocycles. The number of esters is 1. The minimum absolute atomic E-state index is 0.140. The molecule has 0 aromatic heterocycles. The van der Waals surface area contributed by atoms with E-state index in [0.717, 1.165) is 17.7 Å². The van der Waals surface area contributed by atoms with Crippen LogP contribution in [0.25, 0.3) is 0 Å². The summed E-state index contributed by atoms with van der Waals surface area (Å²) in [6.45, 7) is 0.676. The quantitative estimate of drug-likeness (QED) is 0.582. The lowest BCUT2D eigenvalue weighted by atomic mass is 10.1. The Balaban J connectivity index is 1.82. The number of nitrogens with one attached hydrogen (secondary N) is 1. The first kappa shape index (κ1) is 19.9. The molecule has 0 radical (unpaired) electrons. The summed E-state index contributed by atoms with van der Waals surface area (Å²) >= 11 is 0. The SMILES string of the molecule is COC(=O)c1ccc(CCNCC(O)c2cccc(C(F)(F)F)c2)cc1. The van der Waals surface area contributed by atoms with E-state index < -0.39 is 23.8 Å². The number of hydrogen-bond donors (Lipinski definition) is 2. The average Bonchev–Trinajstić information content (AvgIpc) is 2.64. The van der Waals surface area contributed by atoms with Crippen LogP contribution in [0.15, 0.2) is 48.5 Å². The minimum Gasteiger partial charge on any atom is -0.465 e. The Morgan fingerprint density at radius 1 is 1.19 bits per heavy atom. The molecular weight excluding hydrogens is 347 g/mol. The molecule has 26 heavy (non-hydrogen) atoms. The fourth-order valence-electron chi connectivity index (χ4n) is 2.44. The van der Waals surface area contributed by atoms with Gasteiger partial charge >= 0.3 is 12.1 Å². The van der Waals surface area contributed by atoms with Gasteiger partial charge in [-0.25, -0.2) is 4.79 Å². The van der Waals surface area contributed by atoms with E-state index in [0.29, 0.717) is 18.5 Å². The maximum atomic E-state index is 12.7. The van der Waals surface area contributed by atoms with Crippen LogP contribution < -0.4 is 5.32 Å². The minimum atomic E-state index is -4.43.